The third kappa shape index (κ3) is 8.67. The molecule has 1 rings (SSSR count). The van der Waals surface area contributed by atoms with Gasteiger partial charge in [-0.3, -0.25) is 0 Å². The van der Waals surface area contributed by atoms with E-state index in [0.29, 0.717) is 6.10 Å². The van der Waals surface area contributed by atoms with Crippen LogP contribution in [0.3, 0.4) is 0 Å². The molecular weight excluding hydrogens is 276 g/mol. The lowest BCUT2D eigenvalue weighted by Gasteiger charge is -2.12. The zero-order chi connectivity index (χ0) is 13.9. The van der Waals surface area contributed by atoms with E-state index in [1.54, 1.807) is 11.3 Å². The van der Waals surface area contributed by atoms with Crippen LogP contribution in [-0.2, 0) is 11.2 Å². The maximum atomic E-state index is 5.91. The first-order valence-electron chi connectivity index (χ1n) is 7.57. The van der Waals surface area contributed by atoms with Crippen LogP contribution in [0, 0.1) is 0 Å². The topological polar surface area (TPSA) is 9.23 Å². The summed E-state index contributed by atoms with van der Waals surface area (Å²) in [6, 6.07) is 2.09. The number of aryl methyl sites for hydroxylation is 1. The number of halogens is 1. The van der Waals surface area contributed by atoms with E-state index < -0.39 is 0 Å². The van der Waals surface area contributed by atoms with Crippen LogP contribution >= 0.6 is 22.9 Å². The Morgan fingerprint density at radius 2 is 2.00 bits per heavy atom. The van der Waals surface area contributed by atoms with Crippen molar-refractivity contribution >= 4 is 22.9 Å². The van der Waals surface area contributed by atoms with Gasteiger partial charge in [-0.05, 0) is 49.6 Å². The van der Waals surface area contributed by atoms with E-state index >= 15 is 0 Å². The first-order chi connectivity index (χ1) is 9.22. The van der Waals surface area contributed by atoms with Crippen LogP contribution in [0.15, 0.2) is 11.4 Å². The summed E-state index contributed by atoms with van der Waals surface area (Å²) in [6.45, 7) is 5.35. The van der Waals surface area contributed by atoms with Crippen LogP contribution in [0.5, 0.6) is 0 Å². The lowest BCUT2D eigenvalue weighted by Crippen LogP contribution is -2.08. The third-order valence-electron chi connectivity index (χ3n) is 3.35. The molecule has 3 heteroatoms. The molecule has 0 saturated heterocycles. The number of thiophene rings is 1. The van der Waals surface area contributed by atoms with Crippen molar-refractivity contribution in [1.29, 1.82) is 0 Å². The van der Waals surface area contributed by atoms with E-state index in [-0.39, 0.29) is 0 Å². The van der Waals surface area contributed by atoms with Crippen molar-refractivity contribution in [3.63, 3.8) is 0 Å². The molecule has 0 aliphatic heterocycles. The molecule has 19 heavy (non-hydrogen) atoms. The zero-order valence-electron chi connectivity index (χ0n) is 12.3. The first-order valence-corrected chi connectivity index (χ1v) is 8.82. The van der Waals surface area contributed by atoms with E-state index in [1.807, 2.05) is 0 Å². The van der Waals surface area contributed by atoms with Gasteiger partial charge >= 0.3 is 0 Å². The molecule has 0 amide bonds. The molecule has 1 aromatic rings. The molecule has 0 spiro atoms. The molecule has 0 aliphatic rings. The van der Waals surface area contributed by atoms with Gasteiger partial charge in [0.2, 0.25) is 0 Å². The molecule has 1 atom stereocenters. The number of unbranched alkanes of at least 4 members (excludes halogenated alkanes) is 4. The summed E-state index contributed by atoms with van der Waals surface area (Å²) >= 11 is 7.54. The Bertz CT molecular complexity index is 324. The normalized spacial score (nSPS) is 12.8. The molecule has 0 aliphatic carbocycles. The molecule has 0 radical (unpaired) electrons. The molecule has 0 fully saturated rings. The molecule has 1 heterocycles. The minimum atomic E-state index is 0.438. The molecule has 1 aromatic heterocycles. The summed E-state index contributed by atoms with van der Waals surface area (Å²) in [6.07, 6.45) is 10.4. The van der Waals surface area contributed by atoms with Crippen LogP contribution in [0.4, 0.5) is 0 Å². The average molecular weight is 303 g/mol. The Labute approximate surface area is 127 Å². The lowest BCUT2D eigenvalue weighted by molar-refractivity contribution is 0.0561. The number of rotatable bonds is 11. The number of ether oxygens (including phenoxy) is 1. The Hall–Kier alpha value is -0.0500. The minimum absolute atomic E-state index is 0.438. The second-order valence-corrected chi connectivity index (χ2v) is 6.79. The van der Waals surface area contributed by atoms with Crippen molar-refractivity contribution in [3.05, 3.63) is 21.3 Å². The molecule has 0 aromatic carbocycles. The second-order valence-electron chi connectivity index (χ2n) is 5.25. The fourth-order valence-corrected chi connectivity index (χ4v) is 3.06. The van der Waals surface area contributed by atoms with Gasteiger partial charge in [-0.2, -0.15) is 0 Å². The molecular formula is C16H27ClOS. The Kier molecular flexibility index (Phi) is 9.58. The highest BCUT2D eigenvalue weighted by molar-refractivity contribution is 7.14. The third-order valence-corrected chi connectivity index (χ3v) is 4.49. The van der Waals surface area contributed by atoms with Gasteiger partial charge in [-0.15, -0.1) is 11.3 Å². The Balaban J connectivity index is 1.88. The highest BCUT2D eigenvalue weighted by atomic mass is 35.5. The van der Waals surface area contributed by atoms with Crippen molar-refractivity contribution in [3.8, 4) is 0 Å². The van der Waals surface area contributed by atoms with E-state index in [2.05, 4.69) is 25.3 Å². The Morgan fingerprint density at radius 3 is 2.68 bits per heavy atom. The molecule has 0 bridgehead atoms. The first kappa shape index (κ1) is 17.0. The predicted molar refractivity (Wildman–Crippen MR) is 86.4 cm³/mol. The molecule has 1 unspecified atom stereocenters. The van der Waals surface area contributed by atoms with Gasteiger partial charge in [-0.25, -0.2) is 0 Å². The van der Waals surface area contributed by atoms with E-state index in [1.165, 1.54) is 50.5 Å². The van der Waals surface area contributed by atoms with E-state index in [0.717, 1.165) is 17.4 Å². The van der Waals surface area contributed by atoms with Gasteiger partial charge < -0.3 is 4.74 Å². The standard InChI is InChI=1S/C16H27ClOS/c1-3-4-9-14(2)18-11-8-6-5-7-10-15-12-16(17)19-13-15/h12-14H,3-11H2,1-2H3. The van der Waals surface area contributed by atoms with Crippen molar-refractivity contribution in [1.82, 2.24) is 0 Å². The van der Waals surface area contributed by atoms with Crippen molar-refractivity contribution in [2.75, 3.05) is 6.61 Å². The SMILES string of the molecule is CCCCC(C)OCCCCCCc1csc(Cl)c1. The highest BCUT2D eigenvalue weighted by Gasteiger charge is 2.01. The van der Waals surface area contributed by atoms with E-state index in [9.17, 15) is 0 Å². The fourth-order valence-electron chi connectivity index (χ4n) is 2.12. The fraction of sp³-hybridized carbons (Fsp3) is 0.750. The second kappa shape index (κ2) is 10.7. The van der Waals surface area contributed by atoms with Crippen LogP contribution in [0.25, 0.3) is 0 Å². The van der Waals surface area contributed by atoms with Crippen LogP contribution < -0.4 is 0 Å². The van der Waals surface area contributed by atoms with Gasteiger partial charge in [0, 0.05) is 6.61 Å². The summed E-state index contributed by atoms with van der Waals surface area (Å²) in [7, 11) is 0. The molecule has 0 N–H and O–H groups in total. The minimum Gasteiger partial charge on any atom is -0.379 e. The van der Waals surface area contributed by atoms with Gasteiger partial charge in [-0.1, -0.05) is 44.2 Å². The smallest absolute Gasteiger partial charge is 0.0931 e. The molecule has 1 nitrogen and oxygen atoms in total. The Morgan fingerprint density at radius 1 is 1.21 bits per heavy atom. The maximum Gasteiger partial charge on any atom is 0.0931 e. The largest absolute Gasteiger partial charge is 0.379 e. The highest BCUT2D eigenvalue weighted by Crippen LogP contribution is 2.21. The summed E-state index contributed by atoms with van der Waals surface area (Å²) in [5, 5.41) is 2.17. The van der Waals surface area contributed by atoms with Crippen molar-refractivity contribution in [2.45, 2.75) is 71.3 Å². The van der Waals surface area contributed by atoms with Crippen LogP contribution in [0.1, 0.15) is 64.4 Å². The van der Waals surface area contributed by atoms with Gasteiger partial charge in [0.15, 0.2) is 0 Å². The predicted octanol–water partition coefficient (Wildman–Crippen LogP) is 6.10. The monoisotopic (exact) mass is 302 g/mol. The van der Waals surface area contributed by atoms with Crippen LogP contribution in [-0.4, -0.2) is 12.7 Å². The van der Waals surface area contributed by atoms with Crippen LogP contribution in [0.2, 0.25) is 4.34 Å². The summed E-state index contributed by atoms with van der Waals surface area (Å²) in [4.78, 5) is 0. The van der Waals surface area contributed by atoms with E-state index in [4.69, 9.17) is 16.3 Å². The van der Waals surface area contributed by atoms with Crippen molar-refractivity contribution < 1.29 is 4.74 Å². The summed E-state index contributed by atoms with van der Waals surface area (Å²) in [5.41, 5.74) is 1.39. The van der Waals surface area contributed by atoms with Crippen molar-refractivity contribution in [2.24, 2.45) is 0 Å². The number of hydrogen-bond donors (Lipinski definition) is 0. The average Bonchev–Trinajstić information content (AvgIpc) is 2.81. The lowest BCUT2D eigenvalue weighted by atomic mass is 10.1. The maximum absolute atomic E-state index is 5.91. The zero-order valence-corrected chi connectivity index (χ0v) is 13.9. The molecule has 110 valence electrons. The van der Waals surface area contributed by atoms with Gasteiger partial charge in [0.1, 0.15) is 0 Å². The molecule has 0 saturated carbocycles. The quantitative estimate of drug-likeness (QED) is 0.449. The van der Waals surface area contributed by atoms with Gasteiger partial charge in [0.25, 0.3) is 0 Å². The summed E-state index contributed by atoms with van der Waals surface area (Å²) < 4.78 is 6.70. The summed E-state index contributed by atoms with van der Waals surface area (Å²) in [5.74, 6) is 0. The van der Waals surface area contributed by atoms with Gasteiger partial charge in [0.05, 0.1) is 10.4 Å². The number of hydrogen-bond acceptors (Lipinski definition) is 2.